The number of benzene rings is 1. The van der Waals surface area contributed by atoms with E-state index < -0.39 is 26.8 Å². The van der Waals surface area contributed by atoms with Gasteiger partial charge in [0.15, 0.2) is 0 Å². The van der Waals surface area contributed by atoms with Gasteiger partial charge in [0, 0.05) is 58.4 Å². The van der Waals surface area contributed by atoms with Crippen LogP contribution in [0.25, 0.3) is 0 Å². The number of nitro groups is 1. The first-order chi connectivity index (χ1) is 12.8. The Balaban J connectivity index is 1.86. The van der Waals surface area contributed by atoms with E-state index >= 15 is 0 Å². The number of sulfonamides is 1. The fourth-order valence-electron chi connectivity index (χ4n) is 2.60. The minimum absolute atomic E-state index is 0.0133. The summed E-state index contributed by atoms with van der Waals surface area (Å²) in [7, 11) is -2.35. The van der Waals surface area contributed by atoms with Gasteiger partial charge in [-0.3, -0.25) is 24.6 Å². The van der Waals surface area contributed by atoms with E-state index in [0.717, 1.165) is 12.1 Å². The summed E-state index contributed by atoms with van der Waals surface area (Å²) in [5.41, 5.74) is -0.169. The van der Waals surface area contributed by atoms with Crippen molar-refractivity contribution >= 4 is 27.5 Å². The van der Waals surface area contributed by atoms with Gasteiger partial charge in [0.2, 0.25) is 10.0 Å². The third-order valence-electron chi connectivity index (χ3n) is 4.16. The highest BCUT2D eigenvalue weighted by Crippen LogP contribution is 2.20. The lowest BCUT2D eigenvalue weighted by molar-refractivity contribution is -0.384. The Morgan fingerprint density at radius 1 is 1.11 bits per heavy atom. The van der Waals surface area contributed by atoms with Crippen LogP contribution in [0.1, 0.15) is 0 Å². The SMILES string of the molecule is CNC(=O)C(=O)NCCN1CCN(S(=O)(=O)c2ccc([N+](=O)[O-])cc2)CC1. The topological polar surface area (TPSA) is 142 Å². The van der Waals surface area contributed by atoms with Crippen LogP contribution in [0.15, 0.2) is 29.2 Å². The molecule has 2 N–H and O–H groups in total. The van der Waals surface area contributed by atoms with E-state index in [0.29, 0.717) is 19.6 Å². The third-order valence-corrected chi connectivity index (χ3v) is 6.08. The summed E-state index contributed by atoms with van der Waals surface area (Å²) in [4.78, 5) is 34.5. The molecule has 0 spiro atoms. The molecule has 27 heavy (non-hydrogen) atoms. The lowest BCUT2D eigenvalue weighted by Crippen LogP contribution is -2.50. The van der Waals surface area contributed by atoms with Gasteiger partial charge in [0.05, 0.1) is 9.82 Å². The van der Waals surface area contributed by atoms with Gasteiger partial charge in [-0.25, -0.2) is 8.42 Å². The number of carbonyl (C=O) groups excluding carboxylic acids is 2. The second kappa shape index (κ2) is 8.88. The van der Waals surface area contributed by atoms with E-state index in [1.54, 1.807) is 0 Å². The molecule has 12 heteroatoms. The van der Waals surface area contributed by atoms with Crippen molar-refractivity contribution in [2.45, 2.75) is 4.90 Å². The molecule has 0 radical (unpaired) electrons. The van der Waals surface area contributed by atoms with Crippen molar-refractivity contribution in [2.24, 2.45) is 0 Å². The molecule has 2 rings (SSSR count). The van der Waals surface area contributed by atoms with Crippen molar-refractivity contribution in [3.05, 3.63) is 34.4 Å². The maximum atomic E-state index is 12.6. The van der Waals surface area contributed by atoms with Crippen LogP contribution < -0.4 is 10.6 Å². The number of hydrogen-bond acceptors (Lipinski definition) is 7. The number of nitro benzene ring substituents is 1. The van der Waals surface area contributed by atoms with Crippen LogP contribution in [0.2, 0.25) is 0 Å². The molecule has 0 bridgehead atoms. The first-order valence-corrected chi connectivity index (χ1v) is 9.66. The number of amides is 2. The average molecular weight is 399 g/mol. The minimum Gasteiger partial charge on any atom is -0.351 e. The standard InChI is InChI=1S/C15H21N5O6S/c1-16-14(21)15(22)17-6-7-18-8-10-19(11-9-18)27(25,26)13-4-2-12(3-5-13)20(23)24/h2-5H,6-11H2,1H3,(H,16,21)(H,17,22). The second-order valence-electron chi connectivity index (χ2n) is 5.83. The van der Waals surface area contributed by atoms with Crippen LogP contribution in [-0.2, 0) is 19.6 Å². The van der Waals surface area contributed by atoms with Gasteiger partial charge >= 0.3 is 11.8 Å². The zero-order valence-corrected chi connectivity index (χ0v) is 15.6. The molecule has 1 aliphatic rings. The van der Waals surface area contributed by atoms with Gasteiger partial charge in [-0.1, -0.05) is 0 Å². The molecule has 0 aliphatic carbocycles. The molecule has 0 unspecified atom stereocenters. The van der Waals surface area contributed by atoms with Crippen LogP contribution in [-0.4, -0.2) is 80.7 Å². The number of likely N-dealkylation sites (N-methyl/N-ethyl adjacent to an activating group) is 1. The van der Waals surface area contributed by atoms with Crippen molar-refractivity contribution in [3.63, 3.8) is 0 Å². The van der Waals surface area contributed by atoms with Crippen LogP contribution >= 0.6 is 0 Å². The van der Waals surface area contributed by atoms with E-state index in [1.807, 2.05) is 4.90 Å². The highest BCUT2D eigenvalue weighted by Gasteiger charge is 2.28. The molecule has 1 fully saturated rings. The fraction of sp³-hybridized carbons (Fsp3) is 0.467. The Kier molecular flexibility index (Phi) is 6.82. The fourth-order valence-corrected chi connectivity index (χ4v) is 4.03. The Labute approximate surface area is 156 Å². The highest BCUT2D eigenvalue weighted by molar-refractivity contribution is 7.89. The van der Waals surface area contributed by atoms with Crippen molar-refractivity contribution in [1.29, 1.82) is 0 Å². The van der Waals surface area contributed by atoms with E-state index in [2.05, 4.69) is 10.6 Å². The molecule has 1 saturated heterocycles. The van der Waals surface area contributed by atoms with Crippen LogP contribution in [0, 0.1) is 10.1 Å². The highest BCUT2D eigenvalue weighted by atomic mass is 32.2. The first-order valence-electron chi connectivity index (χ1n) is 8.22. The molecule has 0 aromatic heterocycles. The summed E-state index contributed by atoms with van der Waals surface area (Å²) in [5, 5.41) is 15.4. The molecular weight excluding hydrogens is 378 g/mol. The van der Waals surface area contributed by atoms with Gasteiger partial charge in [-0.2, -0.15) is 4.31 Å². The number of rotatable bonds is 6. The maximum Gasteiger partial charge on any atom is 0.309 e. The largest absolute Gasteiger partial charge is 0.351 e. The van der Waals surface area contributed by atoms with Gasteiger partial charge in [0.1, 0.15) is 0 Å². The monoisotopic (exact) mass is 399 g/mol. The minimum atomic E-state index is -3.72. The zero-order valence-electron chi connectivity index (χ0n) is 14.8. The second-order valence-corrected chi connectivity index (χ2v) is 7.77. The van der Waals surface area contributed by atoms with E-state index in [9.17, 15) is 28.1 Å². The molecule has 0 saturated carbocycles. The number of non-ortho nitro benzene ring substituents is 1. The van der Waals surface area contributed by atoms with E-state index in [-0.39, 0.29) is 30.2 Å². The summed E-state index contributed by atoms with van der Waals surface area (Å²) >= 11 is 0. The number of carbonyl (C=O) groups is 2. The molecule has 148 valence electrons. The number of nitrogens with one attached hydrogen (secondary N) is 2. The van der Waals surface area contributed by atoms with Crippen LogP contribution in [0.4, 0.5) is 5.69 Å². The summed E-state index contributed by atoms with van der Waals surface area (Å²) in [5.74, 6) is -1.43. The van der Waals surface area contributed by atoms with Gasteiger partial charge < -0.3 is 10.6 Å². The summed E-state index contributed by atoms with van der Waals surface area (Å²) in [6.45, 7) is 2.26. The Bertz CT molecular complexity index is 802. The van der Waals surface area contributed by atoms with E-state index in [4.69, 9.17) is 0 Å². The molecule has 11 nitrogen and oxygen atoms in total. The Morgan fingerprint density at radius 3 is 2.22 bits per heavy atom. The predicted molar refractivity (Wildman–Crippen MR) is 95.4 cm³/mol. The third kappa shape index (κ3) is 5.21. The molecule has 1 aliphatic heterocycles. The maximum absolute atomic E-state index is 12.6. The number of hydrogen-bond donors (Lipinski definition) is 2. The Hall–Kier alpha value is -2.57. The average Bonchev–Trinajstić information content (AvgIpc) is 2.67. The van der Waals surface area contributed by atoms with Crippen molar-refractivity contribution in [3.8, 4) is 0 Å². The van der Waals surface area contributed by atoms with Gasteiger partial charge in [-0.15, -0.1) is 0 Å². The van der Waals surface area contributed by atoms with Crippen molar-refractivity contribution in [2.75, 3.05) is 46.3 Å². The van der Waals surface area contributed by atoms with Crippen LogP contribution in [0.5, 0.6) is 0 Å². The smallest absolute Gasteiger partial charge is 0.309 e. The van der Waals surface area contributed by atoms with Crippen molar-refractivity contribution in [1.82, 2.24) is 19.8 Å². The zero-order chi connectivity index (χ0) is 20.0. The molecule has 2 amide bonds. The number of nitrogens with zero attached hydrogens (tertiary/aromatic N) is 3. The van der Waals surface area contributed by atoms with Crippen molar-refractivity contribution < 1.29 is 22.9 Å². The molecular formula is C15H21N5O6S. The quantitative estimate of drug-likeness (QED) is 0.346. The molecule has 1 aromatic carbocycles. The Morgan fingerprint density at radius 2 is 1.70 bits per heavy atom. The van der Waals surface area contributed by atoms with Gasteiger partial charge in [0.25, 0.3) is 5.69 Å². The first kappa shape index (κ1) is 20.7. The van der Waals surface area contributed by atoms with Crippen LogP contribution in [0.3, 0.4) is 0 Å². The molecule has 0 atom stereocenters. The van der Waals surface area contributed by atoms with Gasteiger partial charge in [-0.05, 0) is 12.1 Å². The molecule has 1 heterocycles. The number of piperazine rings is 1. The summed E-state index contributed by atoms with van der Waals surface area (Å²) in [6.07, 6.45) is 0. The lowest BCUT2D eigenvalue weighted by atomic mass is 10.3. The summed E-state index contributed by atoms with van der Waals surface area (Å²) in [6, 6.07) is 4.79. The normalized spacial score (nSPS) is 15.9. The van der Waals surface area contributed by atoms with E-state index in [1.165, 1.54) is 23.5 Å². The lowest BCUT2D eigenvalue weighted by Gasteiger charge is -2.33. The predicted octanol–water partition coefficient (Wildman–Crippen LogP) is -1.24. The molecule has 1 aromatic rings. The summed E-state index contributed by atoms with van der Waals surface area (Å²) < 4.78 is 26.6.